The number of carbonyl (C=O) groups excluding carboxylic acids is 1. The van der Waals surface area contributed by atoms with Crippen LogP contribution < -0.4 is 15.4 Å². The number of anilines is 1. The normalized spacial score (nSPS) is 10.3. The second-order valence-electron chi connectivity index (χ2n) is 6.19. The lowest BCUT2D eigenvalue weighted by Crippen LogP contribution is -2.25. The minimum Gasteiger partial charge on any atom is -0.494 e. The first-order valence-corrected chi connectivity index (χ1v) is 9.18. The van der Waals surface area contributed by atoms with Gasteiger partial charge in [0.25, 0.3) is 5.69 Å². The molecule has 0 unspecified atom stereocenters. The molecule has 0 spiro atoms. The van der Waals surface area contributed by atoms with Gasteiger partial charge in [0.1, 0.15) is 11.6 Å². The van der Waals surface area contributed by atoms with E-state index in [9.17, 15) is 19.3 Å². The molecule has 150 valence electrons. The number of amides is 1. The molecule has 0 atom stereocenters. The van der Waals surface area contributed by atoms with Crippen molar-refractivity contribution in [2.75, 3.05) is 25.0 Å². The molecule has 0 fully saturated rings. The Labute approximate surface area is 163 Å². The number of unbranched alkanes of at least 4 members (excludes halogenated alkanes) is 1. The maximum Gasteiger partial charge on any atom is 0.269 e. The molecule has 0 heterocycles. The second kappa shape index (κ2) is 11.5. The number of benzene rings is 2. The van der Waals surface area contributed by atoms with Gasteiger partial charge in [-0.15, -0.1) is 0 Å². The third-order valence-electron chi connectivity index (χ3n) is 3.96. The molecule has 2 N–H and O–H groups in total. The minimum atomic E-state index is -0.441. The molecule has 0 aliphatic rings. The van der Waals surface area contributed by atoms with Gasteiger partial charge in [0.15, 0.2) is 0 Å². The molecular formula is C20H24FN3O4. The van der Waals surface area contributed by atoms with Crippen LogP contribution in [0.2, 0.25) is 0 Å². The number of nitrogens with zero attached hydrogens (tertiary/aromatic N) is 1. The number of nitro groups is 1. The fraction of sp³-hybridized carbons (Fsp3) is 0.350. The van der Waals surface area contributed by atoms with Gasteiger partial charge in [-0.25, -0.2) is 4.39 Å². The summed E-state index contributed by atoms with van der Waals surface area (Å²) in [5.41, 5.74) is 0.833. The smallest absolute Gasteiger partial charge is 0.269 e. The van der Waals surface area contributed by atoms with E-state index in [4.69, 9.17) is 4.74 Å². The van der Waals surface area contributed by atoms with Crippen LogP contribution in [0.5, 0.6) is 5.75 Å². The standard InChI is InChI=1S/C20H24FN3O4/c21-16-5-11-19(12-6-16)28-15-2-1-13-23-20(25)4-3-14-22-17-7-9-18(10-8-17)24(26)27/h5-12,22H,1-4,13-15H2,(H,23,25). The van der Waals surface area contributed by atoms with E-state index < -0.39 is 4.92 Å². The Hall–Kier alpha value is -3.16. The highest BCUT2D eigenvalue weighted by molar-refractivity contribution is 5.75. The molecular weight excluding hydrogens is 365 g/mol. The van der Waals surface area contributed by atoms with Crippen LogP contribution in [0.1, 0.15) is 25.7 Å². The van der Waals surface area contributed by atoms with Crippen LogP contribution in [-0.2, 0) is 4.79 Å². The van der Waals surface area contributed by atoms with Crippen molar-refractivity contribution in [2.24, 2.45) is 0 Å². The zero-order valence-electron chi connectivity index (χ0n) is 15.5. The number of halogens is 1. The molecule has 0 aromatic heterocycles. The molecule has 2 aromatic carbocycles. The number of nitro benzene ring substituents is 1. The van der Waals surface area contributed by atoms with Gasteiger partial charge in [0.05, 0.1) is 11.5 Å². The summed E-state index contributed by atoms with van der Waals surface area (Å²) in [6, 6.07) is 12.0. The zero-order valence-corrected chi connectivity index (χ0v) is 15.5. The van der Waals surface area contributed by atoms with E-state index >= 15 is 0 Å². The molecule has 0 aliphatic carbocycles. The van der Waals surface area contributed by atoms with Gasteiger partial charge in [-0.3, -0.25) is 14.9 Å². The fourth-order valence-electron chi connectivity index (χ4n) is 2.45. The van der Waals surface area contributed by atoms with Crippen molar-refractivity contribution in [3.05, 3.63) is 64.5 Å². The highest BCUT2D eigenvalue weighted by Crippen LogP contribution is 2.15. The molecule has 0 saturated carbocycles. The Balaban J connectivity index is 1.47. The van der Waals surface area contributed by atoms with Crippen molar-refractivity contribution >= 4 is 17.3 Å². The van der Waals surface area contributed by atoms with E-state index in [1.165, 1.54) is 24.3 Å². The predicted molar refractivity (Wildman–Crippen MR) is 105 cm³/mol. The quantitative estimate of drug-likeness (QED) is 0.326. The molecule has 8 heteroatoms. The van der Waals surface area contributed by atoms with Crippen molar-refractivity contribution in [2.45, 2.75) is 25.7 Å². The van der Waals surface area contributed by atoms with Gasteiger partial charge in [-0.2, -0.15) is 0 Å². The summed E-state index contributed by atoms with van der Waals surface area (Å²) in [7, 11) is 0. The molecule has 0 saturated heterocycles. The van der Waals surface area contributed by atoms with Crippen molar-refractivity contribution in [1.29, 1.82) is 0 Å². The highest BCUT2D eigenvalue weighted by atomic mass is 19.1. The van der Waals surface area contributed by atoms with Crippen molar-refractivity contribution in [3.63, 3.8) is 0 Å². The lowest BCUT2D eigenvalue weighted by Gasteiger charge is -2.08. The first kappa shape index (κ1) is 21.1. The van der Waals surface area contributed by atoms with Crippen LogP contribution in [0, 0.1) is 15.9 Å². The average Bonchev–Trinajstić information content (AvgIpc) is 2.69. The molecule has 2 aromatic rings. The molecule has 0 radical (unpaired) electrons. The number of non-ortho nitro benzene ring substituents is 1. The summed E-state index contributed by atoms with van der Waals surface area (Å²) in [4.78, 5) is 21.9. The number of ether oxygens (including phenoxy) is 1. The third kappa shape index (κ3) is 8.03. The Bertz CT molecular complexity index is 751. The SMILES string of the molecule is O=C(CCCNc1ccc([N+](=O)[O-])cc1)NCCCCOc1ccc(F)cc1. The Kier molecular flexibility index (Phi) is 8.71. The van der Waals surface area contributed by atoms with Crippen LogP contribution in [-0.4, -0.2) is 30.5 Å². The van der Waals surface area contributed by atoms with Gasteiger partial charge >= 0.3 is 0 Å². The van der Waals surface area contributed by atoms with Crippen LogP contribution in [0.3, 0.4) is 0 Å². The number of hydrogen-bond donors (Lipinski definition) is 2. The number of carbonyl (C=O) groups is 1. The van der Waals surface area contributed by atoms with Crippen molar-refractivity contribution < 1.29 is 18.8 Å². The predicted octanol–water partition coefficient (Wildman–Crippen LogP) is 3.90. The summed E-state index contributed by atoms with van der Waals surface area (Å²) in [6.07, 6.45) is 2.66. The maximum atomic E-state index is 12.8. The van der Waals surface area contributed by atoms with E-state index in [2.05, 4.69) is 10.6 Å². The topological polar surface area (TPSA) is 93.5 Å². The summed E-state index contributed by atoms with van der Waals surface area (Å²) < 4.78 is 18.3. The largest absolute Gasteiger partial charge is 0.494 e. The lowest BCUT2D eigenvalue weighted by molar-refractivity contribution is -0.384. The van der Waals surface area contributed by atoms with Crippen LogP contribution in [0.15, 0.2) is 48.5 Å². The highest BCUT2D eigenvalue weighted by Gasteiger charge is 2.04. The molecule has 1 amide bonds. The van der Waals surface area contributed by atoms with E-state index in [0.29, 0.717) is 38.3 Å². The number of nitrogens with one attached hydrogen (secondary N) is 2. The van der Waals surface area contributed by atoms with E-state index in [1.54, 1.807) is 24.3 Å². The van der Waals surface area contributed by atoms with Crippen molar-refractivity contribution in [1.82, 2.24) is 5.32 Å². The first-order chi connectivity index (χ1) is 13.5. The Morgan fingerprint density at radius 1 is 1.00 bits per heavy atom. The van der Waals surface area contributed by atoms with E-state index in [0.717, 1.165) is 18.5 Å². The number of rotatable bonds is 12. The zero-order chi connectivity index (χ0) is 20.2. The van der Waals surface area contributed by atoms with Gasteiger partial charge in [0.2, 0.25) is 5.91 Å². The molecule has 0 bridgehead atoms. The monoisotopic (exact) mass is 389 g/mol. The van der Waals surface area contributed by atoms with Gasteiger partial charge in [-0.05, 0) is 55.7 Å². The molecule has 28 heavy (non-hydrogen) atoms. The molecule has 7 nitrogen and oxygen atoms in total. The second-order valence-corrected chi connectivity index (χ2v) is 6.19. The summed E-state index contributed by atoms with van der Waals surface area (Å²) in [6.45, 7) is 1.71. The van der Waals surface area contributed by atoms with E-state index in [-0.39, 0.29) is 17.4 Å². The maximum absolute atomic E-state index is 12.8. The summed E-state index contributed by atoms with van der Waals surface area (Å²) in [5.74, 6) is 0.328. The molecule has 2 rings (SSSR count). The average molecular weight is 389 g/mol. The van der Waals surface area contributed by atoms with Crippen LogP contribution in [0.4, 0.5) is 15.8 Å². The molecule has 0 aliphatic heterocycles. The lowest BCUT2D eigenvalue weighted by atomic mass is 10.2. The van der Waals surface area contributed by atoms with Gasteiger partial charge in [-0.1, -0.05) is 0 Å². The Morgan fingerprint density at radius 2 is 1.71 bits per heavy atom. The first-order valence-electron chi connectivity index (χ1n) is 9.18. The number of hydrogen-bond acceptors (Lipinski definition) is 5. The van der Waals surface area contributed by atoms with Crippen LogP contribution in [0.25, 0.3) is 0 Å². The van der Waals surface area contributed by atoms with Crippen molar-refractivity contribution in [3.8, 4) is 5.75 Å². The summed E-state index contributed by atoms with van der Waals surface area (Å²) in [5, 5.41) is 16.6. The fourth-order valence-corrected chi connectivity index (χ4v) is 2.45. The van der Waals surface area contributed by atoms with Crippen LogP contribution >= 0.6 is 0 Å². The Morgan fingerprint density at radius 3 is 2.39 bits per heavy atom. The van der Waals surface area contributed by atoms with E-state index in [1.807, 2.05) is 0 Å². The van der Waals surface area contributed by atoms with Gasteiger partial charge in [0, 0.05) is 37.3 Å². The summed E-state index contributed by atoms with van der Waals surface area (Å²) >= 11 is 0. The van der Waals surface area contributed by atoms with Gasteiger partial charge < -0.3 is 15.4 Å². The third-order valence-corrected chi connectivity index (χ3v) is 3.96. The minimum absolute atomic E-state index is 0.00930.